The van der Waals surface area contributed by atoms with Gasteiger partial charge in [0.1, 0.15) is 6.07 Å². The zero-order valence-electron chi connectivity index (χ0n) is 16.9. The molecule has 4 rings (SSSR count). The maximum Gasteiger partial charge on any atom is 0.266 e. The lowest BCUT2D eigenvalue weighted by atomic mass is 9.95. The standard InChI is InChI=1S/C22H21N5O4/c1-24-20(29)15-5-2-3-6-16(15)25-19(28)14-8-10-27(11-9-14)22-17(13-23)26-21(31-22)18-7-4-12-30-18/h2-7,12,14H,8-11H2,1H3,(H,24,29)(H,25,28). The van der Waals surface area contributed by atoms with Crippen molar-refractivity contribution in [2.45, 2.75) is 12.8 Å². The van der Waals surface area contributed by atoms with Crippen LogP contribution in [0.5, 0.6) is 0 Å². The predicted octanol–water partition coefficient (Wildman–Crippen LogP) is 3.02. The topological polar surface area (TPSA) is 124 Å². The number of rotatable bonds is 5. The lowest BCUT2D eigenvalue weighted by molar-refractivity contribution is -0.120. The molecule has 0 aliphatic carbocycles. The number of nitrogens with one attached hydrogen (secondary N) is 2. The Morgan fingerprint density at radius 1 is 1.19 bits per heavy atom. The molecule has 158 valence electrons. The highest BCUT2D eigenvalue weighted by Gasteiger charge is 2.29. The van der Waals surface area contributed by atoms with Crippen LogP contribution in [0.25, 0.3) is 11.7 Å². The molecule has 1 saturated heterocycles. The Kier molecular flexibility index (Phi) is 5.71. The number of nitrogens with zero attached hydrogens (tertiary/aromatic N) is 3. The summed E-state index contributed by atoms with van der Waals surface area (Å²) in [5.74, 6) is 0.483. The predicted molar refractivity (Wildman–Crippen MR) is 112 cm³/mol. The molecule has 9 nitrogen and oxygen atoms in total. The first kappa shape index (κ1) is 20.2. The minimum Gasteiger partial charge on any atom is -0.459 e. The highest BCUT2D eigenvalue weighted by Crippen LogP contribution is 2.31. The summed E-state index contributed by atoms with van der Waals surface area (Å²) in [5.41, 5.74) is 1.09. The number of aromatic nitrogens is 1. The minimum atomic E-state index is -0.257. The van der Waals surface area contributed by atoms with Crippen LogP contribution in [-0.2, 0) is 4.79 Å². The van der Waals surface area contributed by atoms with Gasteiger partial charge in [0.25, 0.3) is 11.8 Å². The number of piperidine rings is 1. The molecular formula is C22H21N5O4. The quantitative estimate of drug-likeness (QED) is 0.651. The second-order valence-electron chi connectivity index (χ2n) is 7.14. The fraction of sp³-hybridized carbons (Fsp3) is 0.273. The number of hydrogen-bond donors (Lipinski definition) is 2. The number of furan rings is 1. The van der Waals surface area contributed by atoms with E-state index in [2.05, 4.69) is 21.7 Å². The Morgan fingerprint density at radius 3 is 2.65 bits per heavy atom. The lowest BCUT2D eigenvalue weighted by Crippen LogP contribution is -2.38. The van der Waals surface area contributed by atoms with Crippen LogP contribution in [0.4, 0.5) is 11.6 Å². The van der Waals surface area contributed by atoms with Crippen LogP contribution >= 0.6 is 0 Å². The summed E-state index contributed by atoms with van der Waals surface area (Å²) in [5, 5.41) is 14.9. The van der Waals surface area contributed by atoms with Gasteiger partial charge in [-0.1, -0.05) is 12.1 Å². The van der Waals surface area contributed by atoms with E-state index in [1.54, 1.807) is 43.4 Å². The van der Waals surface area contributed by atoms with E-state index in [0.717, 1.165) is 0 Å². The number of carbonyl (C=O) groups excluding carboxylic acids is 2. The van der Waals surface area contributed by atoms with Gasteiger partial charge in [0, 0.05) is 26.1 Å². The molecule has 0 bridgehead atoms. The van der Waals surface area contributed by atoms with Gasteiger partial charge < -0.3 is 24.4 Å². The van der Waals surface area contributed by atoms with Gasteiger partial charge in [0.05, 0.1) is 17.5 Å². The van der Waals surface area contributed by atoms with Gasteiger partial charge in [-0.05, 0) is 37.1 Å². The largest absolute Gasteiger partial charge is 0.459 e. The number of amides is 2. The Labute approximate surface area is 178 Å². The van der Waals surface area contributed by atoms with Crippen molar-refractivity contribution in [3.05, 3.63) is 53.9 Å². The Hall–Kier alpha value is -4.06. The van der Waals surface area contributed by atoms with Crippen molar-refractivity contribution in [2.24, 2.45) is 5.92 Å². The molecule has 31 heavy (non-hydrogen) atoms. The molecule has 1 fully saturated rings. The van der Waals surface area contributed by atoms with Gasteiger partial charge in [0.15, 0.2) is 5.76 Å². The first-order valence-electron chi connectivity index (χ1n) is 9.92. The van der Waals surface area contributed by atoms with Crippen molar-refractivity contribution in [3.63, 3.8) is 0 Å². The molecule has 3 heterocycles. The molecule has 0 spiro atoms. The van der Waals surface area contributed by atoms with Gasteiger partial charge in [-0.3, -0.25) is 9.59 Å². The number of nitriles is 1. The van der Waals surface area contributed by atoms with E-state index < -0.39 is 0 Å². The third-order valence-electron chi connectivity index (χ3n) is 5.26. The molecule has 2 amide bonds. The summed E-state index contributed by atoms with van der Waals surface area (Å²) in [6, 6.07) is 12.4. The molecule has 0 saturated carbocycles. The van der Waals surface area contributed by atoms with Gasteiger partial charge >= 0.3 is 0 Å². The number of carbonyl (C=O) groups is 2. The van der Waals surface area contributed by atoms with Crippen molar-refractivity contribution in [1.82, 2.24) is 10.3 Å². The van der Waals surface area contributed by atoms with E-state index in [1.807, 2.05) is 4.90 Å². The number of hydrogen-bond acceptors (Lipinski definition) is 7. The molecule has 1 aromatic carbocycles. The van der Waals surface area contributed by atoms with E-state index in [0.29, 0.717) is 48.8 Å². The Balaban J connectivity index is 1.42. The zero-order valence-corrected chi connectivity index (χ0v) is 16.9. The van der Waals surface area contributed by atoms with Crippen molar-refractivity contribution in [3.8, 4) is 17.7 Å². The van der Waals surface area contributed by atoms with Crippen molar-refractivity contribution >= 4 is 23.4 Å². The summed E-state index contributed by atoms with van der Waals surface area (Å²) in [4.78, 5) is 30.9. The summed E-state index contributed by atoms with van der Waals surface area (Å²) in [7, 11) is 1.55. The summed E-state index contributed by atoms with van der Waals surface area (Å²) in [6.07, 6.45) is 2.67. The Bertz CT molecular complexity index is 1120. The smallest absolute Gasteiger partial charge is 0.266 e. The van der Waals surface area contributed by atoms with Crippen LogP contribution in [0.1, 0.15) is 28.9 Å². The third-order valence-corrected chi connectivity index (χ3v) is 5.26. The van der Waals surface area contributed by atoms with Crippen LogP contribution in [0.15, 0.2) is 51.5 Å². The van der Waals surface area contributed by atoms with E-state index in [-0.39, 0.29) is 29.3 Å². The molecule has 0 atom stereocenters. The minimum absolute atomic E-state index is 0.134. The maximum absolute atomic E-state index is 12.8. The average molecular weight is 419 g/mol. The lowest BCUT2D eigenvalue weighted by Gasteiger charge is -2.31. The summed E-state index contributed by atoms with van der Waals surface area (Å²) >= 11 is 0. The van der Waals surface area contributed by atoms with Crippen LogP contribution in [0, 0.1) is 17.2 Å². The summed E-state index contributed by atoms with van der Waals surface area (Å²) < 4.78 is 11.1. The monoisotopic (exact) mass is 419 g/mol. The second kappa shape index (κ2) is 8.75. The van der Waals surface area contributed by atoms with Gasteiger partial charge in [0.2, 0.25) is 17.5 Å². The van der Waals surface area contributed by atoms with Crippen LogP contribution in [-0.4, -0.2) is 36.9 Å². The van der Waals surface area contributed by atoms with Crippen molar-refractivity contribution in [1.29, 1.82) is 5.26 Å². The first-order chi connectivity index (χ1) is 15.1. The van der Waals surface area contributed by atoms with Crippen LogP contribution < -0.4 is 15.5 Å². The number of benzene rings is 1. The first-order valence-corrected chi connectivity index (χ1v) is 9.92. The fourth-order valence-corrected chi connectivity index (χ4v) is 3.61. The molecule has 1 aliphatic heterocycles. The normalized spacial score (nSPS) is 14.1. The van der Waals surface area contributed by atoms with Crippen LogP contribution in [0.2, 0.25) is 0 Å². The Morgan fingerprint density at radius 2 is 1.97 bits per heavy atom. The maximum atomic E-state index is 12.8. The third kappa shape index (κ3) is 4.14. The number of anilines is 2. The van der Waals surface area contributed by atoms with E-state index in [1.165, 1.54) is 6.26 Å². The number of oxazole rings is 1. The van der Waals surface area contributed by atoms with Gasteiger partial charge in [-0.2, -0.15) is 10.2 Å². The highest BCUT2D eigenvalue weighted by molar-refractivity contribution is 6.04. The second-order valence-corrected chi connectivity index (χ2v) is 7.14. The molecule has 9 heteroatoms. The van der Waals surface area contributed by atoms with E-state index in [9.17, 15) is 14.9 Å². The average Bonchev–Trinajstić information content (AvgIpc) is 3.49. The molecule has 1 aliphatic rings. The molecular weight excluding hydrogens is 398 g/mol. The van der Waals surface area contributed by atoms with Gasteiger partial charge in [-0.25, -0.2) is 0 Å². The molecule has 2 N–H and O–H groups in total. The van der Waals surface area contributed by atoms with E-state index in [4.69, 9.17) is 8.83 Å². The number of para-hydroxylation sites is 1. The van der Waals surface area contributed by atoms with Crippen molar-refractivity contribution < 1.29 is 18.4 Å². The molecule has 2 aromatic heterocycles. The summed E-state index contributed by atoms with van der Waals surface area (Å²) in [6.45, 7) is 1.08. The van der Waals surface area contributed by atoms with E-state index >= 15 is 0 Å². The van der Waals surface area contributed by atoms with Crippen LogP contribution in [0.3, 0.4) is 0 Å². The fourth-order valence-electron chi connectivity index (χ4n) is 3.61. The van der Waals surface area contributed by atoms with Crippen molar-refractivity contribution in [2.75, 3.05) is 30.4 Å². The highest BCUT2D eigenvalue weighted by atomic mass is 16.4. The molecule has 0 radical (unpaired) electrons. The van der Waals surface area contributed by atoms with Gasteiger partial charge in [-0.15, -0.1) is 0 Å². The SMILES string of the molecule is CNC(=O)c1ccccc1NC(=O)C1CCN(c2oc(-c3ccco3)nc2C#N)CC1. The molecule has 3 aromatic rings. The molecule has 0 unspecified atom stereocenters. The zero-order chi connectivity index (χ0) is 21.8.